The average Bonchev–Trinajstić information content (AvgIpc) is 2.65. The van der Waals surface area contributed by atoms with E-state index in [-0.39, 0.29) is 18.2 Å². The molecule has 1 amide bonds. The molecule has 2 rings (SSSR count). The summed E-state index contributed by atoms with van der Waals surface area (Å²) in [5, 5.41) is 5.57. The normalized spacial score (nSPS) is 12.6. The maximum Gasteiger partial charge on any atom is 0.418 e. The Morgan fingerprint density at radius 3 is 2.36 bits per heavy atom. The monoisotopic (exact) mass is 394 g/mol. The Balaban J connectivity index is 1.83. The molecule has 7 heteroatoms. The second-order valence-electron chi connectivity index (χ2n) is 6.53. The maximum absolute atomic E-state index is 13.0. The Kier molecular flexibility index (Phi) is 8.02. The lowest BCUT2D eigenvalue weighted by Crippen LogP contribution is -2.30. The first-order valence-electron chi connectivity index (χ1n) is 9.14. The van der Waals surface area contributed by atoms with Crippen molar-refractivity contribution in [2.24, 2.45) is 0 Å². The van der Waals surface area contributed by atoms with Gasteiger partial charge in [-0.15, -0.1) is 0 Å². The average molecular weight is 394 g/mol. The number of alkyl halides is 3. The van der Waals surface area contributed by atoms with Gasteiger partial charge in [0, 0.05) is 25.6 Å². The van der Waals surface area contributed by atoms with Gasteiger partial charge in [0.05, 0.1) is 17.9 Å². The smallest absolute Gasteiger partial charge is 0.377 e. The van der Waals surface area contributed by atoms with Crippen LogP contribution in [0.2, 0.25) is 0 Å². The largest absolute Gasteiger partial charge is 0.418 e. The fourth-order valence-corrected chi connectivity index (χ4v) is 2.66. The molecule has 0 heterocycles. The van der Waals surface area contributed by atoms with E-state index in [1.54, 1.807) is 0 Å². The van der Waals surface area contributed by atoms with Gasteiger partial charge >= 0.3 is 6.18 Å². The summed E-state index contributed by atoms with van der Waals surface area (Å²) in [6.45, 7) is 5.55. The zero-order valence-corrected chi connectivity index (χ0v) is 16.0. The first-order valence-corrected chi connectivity index (χ1v) is 9.14. The molecule has 0 aromatic heterocycles. The van der Waals surface area contributed by atoms with Gasteiger partial charge in [-0.05, 0) is 37.1 Å². The standard InChI is InChI=1S/C21H25F3N2O2/c1-3-28-14-17-10-8-16(9-11-17)13-25-15(2)12-20(27)26-19-7-5-4-6-18(19)21(22,23)24/h4-11,15,25H,3,12-14H2,1-2H3,(H,26,27). The van der Waals surface area contributed by atoms with Gasteiger partial charge in [-0.3, -0.25) is 4.79 Å². The molecule has 2 aromatic carbocycles. The van der Waals surface area contributed by atoms with E-state index in [1.807, 2.05) is 38.1 Å². The lowest BCUT2D eigenvalue weighted by atomic mass is 10.1. The predicted molar refractivity (Wildman–Crippen MR) is 103 cm³/mol. The van der Waals surface area contributed by atoms with Gasteiger partial charge < -0.3 is 15.4 Å². The van der Waals surface area contributed by atoms with Crippen molar-refractivity contribution in [2.75, 3.05) is 11.9 Å². The predicted octanol–water partition coefficient (Wildman–Crippen LogP) is 4.75. The molecule has 0 aliphatic rings. The van der Waals surface area contributed by atoms with Gasteiger partial charge in [-0.25, -0.2) is 0 Å². The second kappa shape index (κ2) is 10.2. The molecule has 2 N–H and O–H groups in total. The number of para-hydroxylation sites is 1. The van der Waals surface area contributed by atoms with Crippen molar-refractivity contribution in [1.29, 1.82) is 0 Å². The van der Waals surface area contributed by atoms with Crippen molar-refractivity contribution in [2.45, 2.75) is 45.6 Å². The molecule has 0 fully saturated rings. The number of ether oxygens (including phenoxy) is 1. The number of rotatable bonds is 9. The van der Waals surface area contributed by atoms with E-state index in [1.165, 1.54) is 18.2 Å². The van der Waals surface area contributed by atoms with E-state index in [4.69, 9.17) is 4.74 Å². The highest BCUT2D eigenvalue weighted by Gasteiger charge is 2.33. The summed E-state index contributed by atoms with van der Waals surface area (Å²) in [4.78, 5) is 12.1. The van der Waals surface area contributed by atoms with Gasteiger partial charge in [0.25, 0.3) is 0 Å². The van der Waals surface area contributed by atoms with E-state index in [0.29, 0.717) is 19.8 Å². The number of benzene rings is 2. The Labute approximate surface area is 163 Å². The van der Waals surface area contributed by atoms with Crippen LogP contribution in [0.1, 0.15) is 37.0 Å². The quantitative estimate of drug-likeness (QED) is 0.645. The number of anilines is 1. The van der Waals surface area contributed by atoms with Crippen LogP contribution >= 0.6 is 0 Å². The van der Waals surface area contributed by atoms with Crippen LogP contribution in [-0.4, -0.2) is 18.6 Å². The lowest BCUT2D eigenvalue weighted by molar-refractivity contribution is -0.137. The molecule has 1 unspecified atom stereocenters. The molecule has 0 spiro atoms. The molecular weight excluding hydrogens is 369 g/mol. The van der Waals surface area contributed by atoms with Crippen LogP contribution < -0.4 is 10.6 Å². The fourth-order valence-electron chi connectivity index (χ4n) is 2.66. The number of hydrogen-bond acceptors (Lipinski definition) is 3. The summed E-state index contributed by atoms with van der Waals surface area (Å²) in [6.07, 6.45) is -4.45. The second-order valence-corrected chi connectivity index (χ2v) is 6.53. The summed E-state index contributed by atoms with van der Waals surface area (Å²) in [6, 6.07) is 12.7. The van der Waals surface area contributed by atoms with E-state index in [0.717, 1.165) is 17.2 Å². The molecule has 1 atom stereocenters. The number of carbonyl (C=O) groups is 1. The van der Waals surface area contributed by atoms with Crippen LogP contribution in [-0.2, 0) is 28.9 Å². The van der Waals surface area contributed by atoms with Crippen LogP contribution in [0.4, 0.5) is 18.9 Å². The maximum atomic E-state index is 13.0. The highest BCUT2D eigenvalue weighted by molar-refractivity contribution is 5.92. The first kappa shape index (κ1) is 21.9. The molecule has 28 heavy (non-hydrogen) atoms. The van der Waals surface area contributed by atoms with Crippen molar-refractivity contribution in [3.8, 4) is 0 Å². The summed E-state index contributed by atoms with van der Waals surface area (Å²) in [7, 11) is 0. The van der Waals surface area contributed by atoms with Crippen LogP contribution in [0.5, 0.6) is 0 Å². The van der Waals surface area contributed by atoms with Crippen LogP contribution in [0.25, 0.3) is 0 Å². The van der Waals surface area contributed by atoms with Gasteiger partial charge in [-0.1, -0.05) is 36.4 Å². The minimum Gasteiger partial charge on any atom is -0.377 e. The van der Waals surface area contributed by atoms with Gasteiger partial charge in [-0.2, -0.15) is 13.2 Å². The molecule has 4 nitrogen and oxygen atoms in total. The fraction of sp³-hybridized carbons (Fsp3) is 0.381. The SMILES string of the molecule is CCOCc1ccc(CNC(C)CC(=O)Nc2ccccc2C(F)(F)F)cc1. The molecular formula is C21H25F3N2O2. The highest BCUT2D eigenvalue weighted by atomic mass is 19.4. The third kappa shape index (κ3) is 6.98. The Morgan fingerprint density at radius 1 is 1.07 bits per heavy atom. The number of amides is 1. The minimum atomic E-state index is -4.51. The van der Waals surface area contributed by atoms with Gasteiger partial charge in [0.1, 0.15) is 0 Å². The van der Waals surface area contributed by atoms with E-state index >= 15 is 0 Å². The van der Waals surface area contributed by atoms with E-state index in [2.05, 4.69) is 10.6 Å². The summed E-state index contributed by atoms with van der Waals surface area (Å²) in [5.74, 6) is -0.469. The number of halogens is 3. The molecule has 152 valence electrons. The lowest BCUT2D eigenvalue weighted by Gasteiger charge is -2.16. The zero-order valence-electron chi connectivity index (χ0n) is 16.0. The van der Waals surface area contributed by atoms with Crippen molar-refractivity contribution >= 4 is 11.6 Å². The van der Waals surface area contributed by atoms with Crippen molar-refractivity contribution in [3.05, 3.63) is 65.2 Å². The highest BCUT2D eigenvalue weighted by Crippen LogP contribution is 2.34. The topological polar surface area (TPSA) is 50.4 Å². The van der Waals surface area contributed by atoms with Crippen molar-refractivity contribution < 1.29 is 22.7 Å². The van der Waals surface area contributed by atoms with Gasteiger partial charge in [0.15, 0.2) is 0 Å². The van der Waals surface area contributed by atoms with E-state index in [9.17, 15) is 18.0 Å². The Hall–Kier alpha value is -2.38. The number of hydrogen-bond donors (Lipinski definition) is 2. The van der Waals surface area contributed by atoms with Crippen LogP contribution in [0.15, 0.2) is 48.5 Å². The molecule has 0 radical (unpaired) electrons. The van der Waals surface area contributed by atoms with Crippen LogP contribution in [0.3, 0.4) is 0 Å². The molecule has 0 saturated heterocycles. The molecule has 2 aromatic rings. The van der Waals surface area contributed by atoms with Crippen molar-refractivity contribution in [3.63, 3.8) is 0 Å². The molecule has 0 aliphatic carbocycles. The Morgan fingerprint density at radius 2 is 1.71 bits per heavy atom. The molecule has 0 bridgehead atoms. The minimum absolute atomic E-state index is 0.0641. The third-order valence-corrected chi connectivity index (χ3v) is 4.15. The summed E-state index contributed by atoms with van der Waals surface area (Å²) >= 11 is 0. The Bertz CT molecular complexity index is 761. The van der Waals surface area contributed by atoms with Crippen molar-refractivity contribution in [1.82, 2.24) is 5.32 Å². The first-order chi connectivity index (χ1) is 13.3. The summed E-state index contributed by atoms with van der Waals surface area (Å²) in [5.41, 5.74) is 1.06. The number of nitrogens with one attached hydrogen (secondary N) is 2. The third-order valence-electron chi connectivity index (χ3n) is 4.15. The van der Waals surface area contributed by atoms with E-state index < -0.39 is 17.6 Å². The summed E-state index contributed by atoms with van der Waals surface area (Å²) < 4.78 is 44.3. The molecule has 0 aliphatic heterocycles. The number of carbonyl (C=O) groups excluding carboxylic acids is 1. The van der Waals surface area contributed by atoms with Crippen LogP contribution in [0, 0.1) is 0 Å². The molecule has 0 saturated carbocycles. The van der Waals surface area contributed by atoms with Gasteiger partial charge in [0.2, 0.25) is 5.91 Å². The zero-order chi connectivity index (χ0) is 20.6.